The van der Waals surface area contributed by atoms with Gasteiger partial charge in [0.25, 0.3) is 0 Å². The average molecular weight is 291 g/mol. The molecule has 3 heterocycles. The standard InChI is InChI=1S/C15H25N5O/c1-15(10-21-11-15)9-17-14(16-2)20-5-4-12(8-20)13-6-18-19(3)7-13/h6-7,12H,4-5,8-11H2,1-3H3,(H,16,17). The molecule has 1 atom stereocenters. The Morgan fingerprint density at radius 3 is 2.95 bits per heavy atom. The first-order valence-corrected chi connectivity index (χ1v) is 7.61. The molecule has 2 aliphatic rings. The zero-order valence-electron chi connectivity index (χ0n) is 13.2. The van der Waals surface area contributed by atoms with E-state index in [1.165, 1.54) is 5.56 Å². The Hall–Kier alpha value is -1.56. The third-order valence-electron chi connectivity index (χ3n) is 4.47. The zero-order chi connectivity index (χ0) is 14.9. The molecule has 0 radical (unpaired) electrons. The van der Waals surface area contributed by atoms with Crippen molar-refractivity contribution in [3.63, 3.8) is 0 Å². The number of nitrogens with one attached hydrogen (secondary N) is 1. The monoisotopic (exact) mass is 291 g/mol. The third kappa shape index (κ3) is 3.05. The van der Waals surface area contributed by atoms with Crippen LogP contribution < -0.4 is 5.32 Å². The van der Waals surface area contributed by atoms with Crippen LogP contribution in [0.5, 0.6) is 0 Å². The fraction of sp³-hybridized carbons (Fsp3) is 0.733. The summed E-state index contributed by atoms with van der Waals surface area (Å²) >= 11 is 0. The molecule has 0 bridgehead atoms. The molecule has 116 valence electrons. The van der Waals surface area contributed by atoms with E-state index < -0.39 is 0 Å². The Balaban J connectivity index is 1.56. The highest BCUT2D eigenvalue weighted by atomic mass is 16.5. The van der Waals surface area contributed by atoms with Crippen LogP contribution >= 0.6 is 0 Å². The number of rotatable bonds is 3. The SMILES string of the molecule is CN=C(NCC1(C)COC1)N1CCC(c2cnn(C)c2)C1. The molecule has 1 N–H and O–H groups in total. The molecule has 6 nitrogen and oxygen atoms in total. The topological polar surface area (TPSA) is 54.7 Å². The number of hydrogen-bond donors (Lipinski definition) is 1. The Kier molecular flexibility index (Phi) is 3.89. The molecule has 6 heteroatoms. The third-order valence-corrected chi connectivity index (χ3v) is 4.47. The maximum atomic E-state index is 5.30. The van der Waals surface area contributed by atoms with Crippen LogP contribution in [-0.2, 0) is 11.8 Å². The lowest BCUT2D eigenvalue weighted by Gasteiger charge is -2.39. The summed E-state index contributed by atoms with van der Waals surface area (Å²) in [6.45, 7) is 6.92. The van der Waals surface area contributed by atoms with Crippen molar-refractivity contribution in [3.05, 3.63) is 18.0 Å². The number of aliphatic imine (C=N–C) groups is 1. The molecule has 21 heavy (non-hydrogen) atoms. The highest BCUT2D eigenvalue weighted by molar-refractivity contribution is 5.80. The molecule has 1 aromatic rings. The molecule has 3 rings (SSSR count). The lowest BCUT2D eigenvalue weighted by Crippen LogP contribution is -2.51. The summed E-state index contributed by atoms with van der Waals surface area (Å²) < 4.78 is 7.18. The number of nitrogens with zero attached hydrogens (tertiary/aromatic N) is 4. The molecular weight excluding hydrogens is 266 g/mol. The molecule has 2 fully saturated rings. The molecular formula is C15H25N5O. The van der Waals surface area contributed by atoms with Gasteiger partial charge in [0.2, 0.25) is 0 Å². The molecule has 2 aliphatic heterocycles. The van der Waals surface area contributed by atoms with Crippen molar-refractivity contribution < 1.29 is 4.74 Å². The van der Waals surface area contributed by atoms with Gasteiger partial charge in [-0.25, -0.2) is 0 Å². The van der Waals surface area contributed by atoms with Crippen LogP contribution in [-0.4, -0.2) is 60.5 Å². The summed E-state index contributed by atoms with van der Waals surface area (Å²) in [4.78, 5) is 6.78. The van der Waals surface area contributed by atoms with Gasteiger partial charge in [0.05, 0.1) is 19.4 Å². The van der Waals surface area contributed by atoms with Crippen LogP contribution in [0.1, 0.15) is 24.8 Å². The van der Waals surface area contributed by atoms with Gasteiger partial charge in [-0.15, -0.1) is 0 Å². The Morgan fingerprint density at radius 2 is 2.38 bits per heavy atom. The van der Waals surface area contributed by atoms with E-state index in [0.29, 0.717) is 5.92 Å². The zero-order valence-corrected chi connectivity index (χ0v) is 13.2. The first-order valence-electron chi connectivity index (χ1n) is 7.61. The highest BCUT2D eigenvalue weighted by Crippen LogP contribution is 2.28. The van der Waals surface area contributed by atoms with Gasteiger partial charge in [0, 0.05) is 51.3 Å². The predicted molar refractivity (Wildman–Crippen MR) is 82.4 cm³/mol. The van der Waals surface area contributed by atoms with Gasteiger partial charge in [-0.3, -0.25) is 9.67 Å². The van der Waals surface area contributed by atoms with E-state index in [0.717, 1.165) is 45.2 Å². The number of hydrogen-bond acceptors (Lipinski definition) is 3. The Labute approximate surface area is 126 Å². The second kappa shape index (κ2) is 5.67. The molecule has 1 aromatic heterocycles. The van der Waals surface area contributed by atoms with Crippen molar-refractivity contribution in [1.29, 1.82) is 0 Å². The minimum Gasteiger partial charge on any atom is -0.380 e. The van der Waals surface area contributed by atoms with Gasteiger partial charge in [0.15, 0.2) is 5.96 Å². The van der Waals surface area contributed by atoms with Crippen molar-refractivity contribution in [2.75, 3.05) is 39.9 Å². The maximum Gasteiger partial charge on any atom is 0.193 e. The van der Waals surface area contributed by atoms with Gasteiger partial charge in [-0.2, -0.15) is 5.10 Å². The Morgan fingerprint density at radius 1 is 1.57 bits per heavy atom. The molecule has 0 amide bonds. The first kappa shape index (κ1) is 14.4. The summed E-state index contributed by atoms with van der Waals surface area (Å²) in [5, 5.41) is 7.78. The van der Waals surface area contributed by atoms with Crippen molar-refractivity contribution in [3.8, 4) is 0 Å². The van der Waals surface area contributed by atoms with Gasteiger partial charge in [0.1, 0.15) is 0 Å². The van der Waals surface area contributed by atoms with Crippen LogP contribution in [0, 0.1) is 5.41 Å². The smallest absolute Gasteiger partial charge is 0.193 e. The highest BCUT2D eigenvalue weighted by Gasteiger charge is 2.34. The molecule has 0 aromatic carbocycles. The van der Waals surface area contributed by atoms with Crippen molar-refractivity contribution >= 4 is 5.96 Å². The van der Waals surface area contributed by atoms with E-state index in [-0.39, 0.29) is 5.41 Å². The van der Waals surface area contributed by atoms with Crippen LogP contribution in [0.15, 0.2) is 17.4 Å². The Bertz CT molecular complexity index is 520. The molecule has 1 unspecified atom stereocenters. The molecule has 0 saturated carbocycles. The van der Waals surface area contributed by atoms with E-state index in [1.54, 1.807) is 0 Å². The number of ether oxygens (including phenoxy) is 1. The van der Waals surface area contributed by atoms with Crippen molar-refractivity contribution in [1.82, 2.24) is 20.0 Å². The summed E-state index contributed by atoms with van der Waals surface area (Å²) in [5.41, 5.74) is 1.59. The van der Waals surface area contributed by atoms with E-state index in [4.69, 9.17) is 4.74 Å². The second-order valence-corrected chi connectivity index (χ2v) is 6.58. The maximum absolute atomic E-state index is 5.30. The minimum atomic E-state index is 0.262. The second-order valence-electron chi connectivity index (χ2n) is 6.58. The van der Waals surface area contributed by atoms with Gasteiger partial charge >= 0.3 is 0 Å². The van der Waals surface area contributed by atoms with Gasteiger partial charge < -0.3 is 15.0 Å². The van der Waals surface area contributed by atoms with Crippen LogP contribution in [0.2, 0.25) is 0 Å². The van der Waals surface area contributed by atoms with Crippen LogP contribution in [0.3, 0.4) is 0 Å². The molecule has 0 spiro atoms. The predicted octanol–water partition coefficient (Wildman–Crippen LogP) is 0.821. The van der Waals surface area contributed by atoms with E-state index in [2.05, 4.69) is 33.4 Å². The van der Waals surface area contributed by atoms with Crippen molar-refractivity contribution in [2.24, 2.45) is 17.5 Å². The van der Waals surface area contributed by atoms with Gasteiger partial charge in [-0.1, -0.05) is 6.92 Å². The fourth-order valence-corrected chi connectivity index (χ4v) is 3.05. The lowest BCUT2D eigenvalue weighted by atomic mass is 9.89. The van der Waals surface area contributed by atoms with Crippen molar-refractivity contribution in [2.45, 2.75) is 19.3 Å². The summed E-state index contributed by atoms with van der Waals surface area (Å²) in [6, 6.07) is 0. The quantitative estimate of drug-likeness (QED) is 0.662. The molecule has 2 saturated heterocycles. The summed E-state index contributed by atoms with van der Waals surface area (Å²) in [7, 11) is 3.83. The number of guanidine groups is 1. The normalized spacial score (nSPS) is 25.0. The number of aromatic nitrogens is 2. The van der Waals surface area contributed by atoms with E-state index in [1.807, 2.05) is 25.0 Å². The van der Waals surface area contributed by atoms with Gasteiger partial charge in [-0.05, 0) is 12.0 Å². The minimum absolute atomic E-state index is 0.262. The van der Waals surface area contributed by atoms with E-state index >= 15 is 0 Å². The van der Waals surface area contributed by atoms with E-state index in [9.17, 15) is 0 Å². The summed E-state index contributed by atoms with van der Waals surface area (Å²) in [5.74, 6) is 1.56. The molecule has 0 aliphatic carbocycles. The van der Waals surface area contributed by atoms with Crippen LogP contribution in [0.25, 0.3) is 0 Å². The first-order chi connectivity index (χ1) is 10.1. The number of likely N-dealkylation sites (tertiary alicyclic amines) is 1. The largest absolute Gasteiger partial charge is 0.380 e. The fourth-order valence-electron chi connectivity index (χ4n) is 3.05. The average Bonchev–Trinajstić information content (AvgIpc) is 3.06. The van der Waals surface area contributed by atoms with Crippen LogP contribution in [0.4, 0.5) is 0 Å². The number of aryl methyl sites for hydroxylation is 1. The lowest BCUT2D eigenvalue weighted by molar-refractivity contribution is -0.0972. The summed E-state index contributed by atoms with van der Waals surface area (Å²) in [6.07, 6.45) is 5.26.